The molecule has 8 heteroatoms. The van der Waals surface area contributed by atoms with E-state index in [1.807, 2.05) is 0 Å². The van der Waals surface area contributed by atoms with Gasteiger partial charge in [0.05, 0.1) is 12.1 Å². The number of aromatic nitrogens is 2. The molecule has 1 N–H and O–H groups in total. The van der Waals surface area contributed by atoms with Gasteiger partial charge in [0, 0.05) is 18.1 Å². The van der Waals surface area contributed by atoms with Crippen LogP contribution in [-0.2, 0) is 10.9 Å². The van der Waals surface area contributed by atoms with E-state index in [2.05, 4.69) is 14.7 Å². The Hall–Kier alpha value is -0.890. The van der Waals surface area contributed by atoms with Gasteiger partial charge in [0.2, 0.25) is 11.0 Å². The normalized spacial score (nSPS) is 28.6. The van der Waals surface area contributed by atoms with Crippen LogP contribution in [-0.4, -0.2) is 28.1 Å². The van der Waals surface area contributed by atoms with Crippen LogP contribution in [0.5, 0.6) is 0 Å². The number of nitrogens with one attached hydrogen (secondary N) is 1. The van der Waals surface area contributed by atoms with Crippen molar-refractivity contribution in [2.75, 3.05) is 11.9 Å². The summed E-state index contributed by atoms with van der Waals surface area (Å²) in [6.45, 7) is 0.657. The Morgan fingerprint density at radius 3 is 2.67 bits per heavy atom. The highest BCUT2D eigenvalue weighted by atomic mass is 32.1. The predicted molar refractivity (Wildman–Crippen MR) is 59.4 cm³/mol. The lowest BCUT2D eigenvalue weighted by Crippen LogP contribution is -2.30. The van der Waals surface area contributed by atoms with E-state index in [-0.39, 0.29) is 17.3 Å². The zero-order valence-corrected chi connectivity index (χ0v) is 10.2. The molecule has 1 saturated carbocycles. The van der Waals surface area contributed by atoms with Crippen molar-refractivity contribution in [1.82, 2.24) is 9.36 Å². The summed E-state index contributed by atoms with van der Waals surface area (Å²) in [6.07, 6.45) is -1.26. The molecule has 1 saturated heterocycles. The number of alkyl halides is 3. The van der Waals surface area contributed by atoms with E-state index in [4.69, 9.17) is 4.74 Å². The molecule has 2 aliphatic rings. The zero-order chi connectivity index (χ0) is 12.8. The molecule has 0 amide bonds. The van der Waals surface area contributed by atoms with Crippen molar-refractivity contribution in [1.29, 1.82) is 0 Å². The largest absolute Gasteiger partial charge is 0.452 e. The summed E-state index contributed by atoms with van der Waals surface area (Å²) in [5.74, 6) is -0.517. The van der Waals surface area contributed by atoms with Crippen molar-refractivity contribution in [3.05, 3.63) is 5.82 Å². The minimum Gasteiger partial charge on any atom is -0.376 e. The van der Waals surface area contributed by atoms with Gasteiger partial charge in [0.15, 0.2) is 0 Å². The lowest BCUT2D eigenvalue weighted by molar-refractivity contribution is -0.144. The standard InChI is InChI=1S/C10H12F3N3OS/c11-10(12,13)8-15-9(18-16-8)14-6-3-4-17-7(6)5-1-2-5/h5-7H,1-4H2,(H,14,15,16). The Morgan fingerprint density at radius 2 is 2.06 bits per heavy atom. The lowest BCUT2D eigenvalue weighted by atomic mass is 10.1. The molecule has 3 rings (SSSR count). The van der Waals surface area contributed by atoms with Gasteiger partial charge in [-0.15, -0.1) is 0 Å². The maximum atomic E-state index is 12.4. The Bertz CT molecular complexity index is 432. The third-order valence-electron chi connectivity index (χ3n) is 3.21. The second-order valence-electron chi connectivity index (χ2n) is 4.63. The first-order valence-corrected chi connectivity index (χ1v) is 6.60. The Morgan fingerprint density at radius 1 is 1.28 bits per heavy atom. The SMILES string of the molecule is FC(F)(F)c1nsc(NC2CCOC2C2CC2)n1. The third-order valence-corrected chi connectivity index (χ3v) is 3.86. The molecule has 2 heterocycles. The van der Waals surface area contributed by atoms with Crippen molar-refractivity contribution in [2.24, 2.45) is 5.92 Å². The maximum absolute atomic E-state index is 12.4. The summed E-state index contributed by atoms with van der Waals surface area (Å²) in [6, 6.07) is 0.0616. The zero-order valence-electron chi connectivity index (χ0n) is 9.41. The van der Waals surface area contributed by atoms with Crippen LogP contribution >= 0.6 is 11.5 Å². The van der Waals surface area contributed by atoms with E-state index >= 15 is 0 Å². The van der Waals surface area contributed by atoms with Crippen molar-refractivity contribution >= 4 is 16.7 Å². The second kappa shape index (κ2) is 4.34. The first-order valence-electron chi connectivity index (χ1n) is 5.83. The summed E-state index contributed by atoms with van der Waals surface area (Å²) in [5, 5.41) is 3.25. The molecule has 1 aromatic heterocycles. The summed E-state index contributed by atoms with van der Waals surface area (Å²) in [7, 11) is 0. The summed E-state index contributed by atoms with van der Waals surface area (Å²) in [4.78, 5) is 3.47. The predicted octanol–water partition coefficient (Wildman–Crippen LogP) is 2.54. The van der Waals surface area contributed by atoms with Crippen LogP contribution in [0.2, 0.25) is 0 Å². The topological polar surface area (TPSA) is 47.0 Å². The summed E-state index contributed by atoms with van der Waals surface area (Å²) in [5.41, 5.74) is 0. The number of rotatable bonds is 3. The molecule has 0 aromatic carbocycles. The minimum atomic E-state index is -4.47. The van der Waals surface area contributed by atoms with Gasteiger partial charge in [-0.05, 0) is 25.2 Å². The highest BCUT2D eigenvalue weighted by Crippen LogP contribution is 2.40. The molecule has 18 heavy (non-hydrogen) atoms. The number of hydrogen-bond donors (Lipinski definition) is 1. The number of nitrogens with zero attached hydrogens (tertiary/aromatic N) is 2. The first kappa shape index (κ1) is 12.2. The quantitative estimate of drug-likeness (QED) is 0.923. The summed E-state index contributed by atoms with van der Waals surface area (Å²) < 4.78 is 46.0. The molecule has 0 radical (unpaired) electrons. The first-order chi connectivity index (χ1) is 8.54. The monoisotopic (exact) mass is 279 g/mol. The van der Waals surface area contributed by atoms with E-state index in [9.17, 15) is 13.2 Å². The van der Waals surface area contributed by atoms with Gasteiger partial charge in [-0.3, -0.25) is 0 Å². The molecule has 1 aliphatic carbocycles. The van der Waals surface area contributed by atoms with Crippen LogP contribution in [0.25, 0.3) is 0 Å². The van der Waals surface area contributed by atoms with Gasteiger partial charge in [0.25, 0.3) is 0 Å². The van der Waals surface area contributed by atoms with E-state index < -0.39 is 12.0 Å². The van der Waals surface area contributed by atoms with Crippen LogP contribution < -0.4 is 5.32 Å². The van der Waals surface area contributed by atoms with E-state index in [0.29, 0.717) is 12.5 Å². The number of halogens is 3. The van der Waals surface area contributed by atoms with Crippen molar-refractivity contribution in [3.8, 4) is 0 Å². The molecular weight excluding hydrogens is 267 g/mol. The van der Waals surface area contributed by atoms with Crippen molar-refractivity contribution in [3.63, 3.8) is 0 Å². The number of hydrogen-bond acceptors (Lipinski definition) is 5. The molecular formula is C10H12F3N3OS. The Balaban J connectivity index is 1.67. The van der Waals surface area contributed by atoms with Gasteiger partial charge in [0.1, 0.15) is 0 Å². The van der Waals surface area contributed by atoms with Crippen LogP contribution in [0.3, 0.4) is 0 Å². The molecule has 4 nitrogen and oxygen atoms in total. The third kappa shape index (κ3) is 2.44. The van der Waals surface area contributed by atoms with Gasteiger partial charge in [-0.1, -0.05) is 0 Å². The average Bonchev–Trinajstić information content (AvgIpc) is 2.85. The van der Waals surface area contributed by atoms with Crippen LogP contribution in [0.1, 0.15) is 25.1 Å². The fraction of sp³-hybridized carbons (Fsp3) is 0.800. The Labute approximate surface area is 106 Å². The highest BCUT2D eigenvalue weighted by Gasteiger charge is 2.41. The molecule has 2 fully saturated rings. The molecule has 100 valence electrons. The van der Waals surface area contributed by atoms with Gasteiger partial charge in [-0.25, -0.2) is 0 Å². The van der Waals surface area contributed by atoms with Crippen molar-refractivity contribution in [2.45, 2.75) is 37.6 Å². The van der Waals surface area contributed by atoms with E-state index in [1.54, 1.807) is 0 Å². The average molecular weight is 279 g/mol. The molecule has 2 atom stereocenters. The van der Waals surface area contributed by atoms with Gasteiger partial charge in [-0.2, -0.15) is 22.5 Å². The highest BCUT2D eigenvalue weighted by molar-refractivity contribution is 7.09. The Kier molecular flexibility index (Phi) is 2.93. The fourth-order valence-electron chi connectivity index (χ4n) is 2.21. The maximum Gasteiger partial charge on any atom is 0.452 e. The van der Waals surface area contributed by atoms with Crippen LogP contribution in [0, 0.1) is 5.92 Å². The van der Waals surface area contributed by atoms with E-state index in [1.165, 1.54) is 0 Å². The number of anilines is 1. The second-order valence-corrected chi connectivity index (χ2v) is 5.39. The van der Waals surface area contributed by atoms with Crippen LogP contribution in [0.15, 0.2) is 0 Å². The lowest BCUT2D eigenvalue weighted by Gasteiger charge is -2.18. The van der Waals surface area contributed by atoms with Gasteiger partial charge < -0.3 is 10.1 Å². The minimum absolute atomic E-state index is 0.0616. The van der Waals surface area contributed by atoms with Crippen molar-refractivity contribution < 1.29 is 17.9 Å². The number of ether oxygens (including phenoxy) is 1. The smallest absolute Gasteiger partial charge is 0.376 e. The fourth-order valence-corrected chi connectivity index (χ4v) is 2.86. The molecule has 1 aromatic rings. The van der Waals surface area contributed by atoms with Crippen LogP contribution in [0.4, 0.5) is 18.3 Å². The van der Waals surface area contributed by atoms with E-state index in [0.717, 1.165) is 30.8 Å². The molecule has 1 aliphatic heterocycles. The molecule has 0 spiro atoms. The molecule has 0 bridgehead atoms. The molecule has 2 unspecified atom stereocenters. The van der Waals surface area contributed by atoms with Gasteiger partial charge >= 0.3 is 6.18 Å². The summed E-state index contributed by atoms with van der Waals surface area (Å²) >= 11 is 0.750.